The van der Waals surface area contributed by atoms with Crippen LogP contribution in [0.15, 0.2) is 12.2 Å². The molecule has 0 fully saturated rings. The van der Waals surface area contributed by atoms with Crippen LogP contribution in [-0.4, -0.2) is 34.2 Å². The van der Waals surface area contributed by atoms with E-state index < -0.39 is 29.1 Å². The van der Waals surface area contributed by atoms with Gasteiger partial charge in [-0.25, -0.2) is 4.79 Å². The molecule has 0 saturated carbocycles. The molecule has 0 amide bonds. The van der Waals surface area contributed by atoms with E-state index in [1.54, 1.807) is 26.8 Å². The Bertz CT molecular complexity index is 306. The summed E-state index contributed by atoms with van der Waals surface area (Å²) in [5.74, 6) is -0.409. The molecule has 0 aromatic heterocycles. The van der Waals surface area contributed by atoms with Gasteiger partial charge in [0.1, 0.15) is 11.7 Å². The number of carbonyl (C=O) groups is 1. The smallest absolute Gasteiger partial charge is 0.330 e. The Morgan fingerprint density at radius 3 is 2.61 bits per heavy atom. The zero-order chi connectivity index (χ0) is 14.2. The third kappa shape index (κ3) is 11.1. The van der Waals surface area contributed by atoms with E-state index >= 15 is 0 Å². The molecule has 0 aliphatic heterocycles. The molecule has 0 saturated heterocycles. The molecular weight excluding hydrogens is 238 g/mol. The maximum atomic E-state index is 11.3. The van der Waals surface area contributed by atoms with E-state index in [-0.39, 0.29) is 0 Å². The minimum absolute atomic E-state index is 0.347. The summed E-state index contributed by atoms with van der Waals surface area (Å²) in [5.41, 5.74) is -0.511. The summed E-state index contributed by atoms with van der Waals surface area (Å²) in [4.78, 5) is 20.8. The Morgan fingerprint density at radius 1 is 1.50 bits per heavy atom. The van der Waals surface area contributed by atoms with Gasteiger partial charge in [-0.3, -0.25) is 10.1 Å². The molecule has 1 N–H and O–H groups in total. The van der Waals surface area contributed by atoms with E-state index in [0.717, 1.165) is 0 Å². The van der Waals surface area contributed by atoms with Crippen LogP contribution in [0.2, 0.25) is 0 Å². The molecule has 0 aliphatic carbocycles. The molecule has 0 unspecified atom stereocenters. The lowest BCUT2D eigenvalue weighted by atomic mass is 10.1. The Kier molecular flexibility index (Phi) is 7.19. The van der Waals surface area contributed by atoms with Crippen molar-refractivity contribution in [3.05, 3.63) is 22.3 Å². The number of aliphatic hydroxyl groups is 1. The minimum Gasteiger partial charge on any atom is -0.457 e. The van der Waals surface area contributed by atoms with Crippen LogP contribution >= 0.6 is 0 Å². The maximum absolute atomic E-state index is 11.3. The van der Waals surface area contributed by atoms with Gasteiger partial charge in [-0.15, -0.1) is 0 Å². The molecule has 0 bridgehead atoms. The Labute approximate surface area is 107 Å². The van der Waals surface area contributed by atoms with E-state index in [1.165, 1.54) is 6.08 Å². The van der Waals surface area contributed by atoms with Crippen molar-refractivity contribution in [2.45, 2.75) is 51.7 Å². The van der Waals surface area contributed by atoms with Crippen LogP contribution in [0.3, 0.4) is 0 Å². The fourth-order valence-corrected chi connectivity index (χ4v) is 1.25. The van der Waals surface area contributed by atoms with Gasteiger partial charge in [0.2, 0.25) is 6.54 Å². The molecule has 0 aromatic carbocycles. The predicted octanol–water partition coefficient (Wildman–Crippen LogP) is 1.69. The molecule has 0 spiro atoms. The van der Waals surface area contributed by atoms with Gasteiger partial charge in [0.25, 0.3) is 0 Å². The van der Waals surface area contributed by atoms with Crippen molar-refractivity contribution in [2.24, 2.45) is 0 Å². The first kappa shape index (κ1) is 16.6. The Balaban J connectivity index is 3.72. The topological polar surface area (TPSA) is 89.7 Å². The minimum atomic E-state index is -0.921. The SMILES string of the molecule is CC(C)(C)OC(=O)/C=C/CCC[C@@H](O)C[N+](=O)[O-]. The number of ether oxygens (including phenoxy) is 1. The quantitative estimate of drug-likeness (QED) is 0.247. The number of hydrogen-bond donors (Lipinski definition) is 1. The summed E-state index contributed by atoms with van der Waals surface area (Å²) < 4.78 is 5.05. The summed E-state index contributed by atoms with van der Waals surface area (Å²) in [6.45, 7) is 4.92. The average molecular weight is 259 g/mol. The maximum Gasteiger partial charge on any atom is 0.330 e. The second-order valence-electron chi connectivity index (χ2n) is 5.04. The summed E-state index contributed by atoms with van der Waals surface area (Å²) in [6.07, 6.45) is 3.58. The highest BCUT2D eigenvalue weighted by molar-refractivity contribution is 5.82. The standard InChI is InChI=1S/C12H21NO5/c1-12(2,3)18-11(15)8-6-4-5-7-10(14)9-13(16)17/h6,8,10,14H,4-5,7,9H2,1-3H3/b8-6+/t10-/m1/s1. The highest BCUT2D eigenvalue weighted by Crippen LogP contribution is 2.08. The first-order valence-corrected chi connectivity index (χ1v) is 5.90. The van der Waals surface area contributed by atoms with Crippen molar-refractivity contribution >= 4 is 5.97 Å². The number of esters is 1. The van der Waals surface area contributed by atoms with E-state index in [0.29, 0.717) is 19.3 Å². The zero-order valence-electron chi connectivity index (χ0n) is 11.1. The van der Waals surface area contributed by atoms with Crippen molar-refractivity contribution < 1.29 is 19.6 Å². The number of hydrogen-bond acceptors (Lipinski definition) is 5. The normalized spacial score (nSPS) is 13.6. The van der Waals surface area contributed by atoms with Gasteiger partial charge in [0, 0.05) is 11.0 Å². The molecule has 0 heterocycles. The molecule has 1 atom stereocenters. The van der Waals surface area contributed by atoms with Crippen molar-refractivity contribution in [1.82, 2.24) is 0 Å². The van der Waals surface area contributed by atoms with Gasteiger partial charge in [-0.2, -0.15) is 0 Å². The number of allylic oxidation sites excluding steroid dienone is 1. The van der Waals surface area contributed by atoms with E-state index in [2.05, 4.69) is 0 Å². The van der Waals surface area contributed by atoms with Gasteiger partial charge in [0.05, 0.1) is 0 Å². The second-order valence-corrected chi connectivity index (χ2v) is 5.04. The molecule has 6 nitrogen and oxygen atoms in total. The highest BCUT2D eigenvalue weighted by atomic mass is 16.6. The Morgan fingerprint density at radius 2 is 2.11 bits per heavy atom. The van der Waals surface area contributed by atoms with Crippen molar-refractivity contribution in [3.63, 3.8) is 0 Å². The van der Waals surface area contributed by atoms with Crippen LogP contribution < -0.4 is 0 Å². The van der Waals surface area contributed by atoms with Crippen molar-refractivity contribution in [1.29, 1.82) is 0 Å². The lowest BCUT2D eigenvalue weighted by Gasteiger charge is -2.17. The molecule has 0 aliphatic rings. The number of nitro groups is 1. The molecular formula is C12H21NO5. The van der Waals surface area contributed by atoms with Gasteiger partial charge in [-0.05, 0) is 40.0 Å². The van der Waals surface area contributed by atoms with E-state index in [1.807, 2.05) is 0 Å². The van der Waals surface area contributed by atoms with Crippen LogP contribution in [0.4, 0.5) is 0 Å². The Hall–Kier alpha value is -1.43. The number of carbonyl (C=O) groups excluding carboxylic acids is 1. The predicted molar refractivity (Wildman–Crippen MR) is 66.7 cm³/mol. The molecule has 0 radical (unpaired) electrons. The largest absolute Gasteiger partial charge is 0.457 e. The van der Waals surface area contributed by atoms with Gasteiger partial charge in [-0.1, -0.05) is 6.08 Å². The first-order chi connectivity index (χ1) is 8.20. The highest BCUT2D eigenvalue weighted by Gasteiger charge is 2.13. The third-order valence-corrected chi connectivity index (χ3v) is 1.93. The van der Waals surface area contributed by atoms with E-state index in [9.17, 15) is 20.0 Å². The van der Waals surface area contributed by atoms with Crippen LogP contribution in [0.1, 0.15) is 40.0 Å². The summed E-state index contributed by atoms with van der Waals surface area (Å²) >= 11 is 0. The fraction of sp³-hybridized carbons (Fsp3) is 0.750. The lowest BCUT2D eigenvalue weighted by Crippen LogP contribution is -2.22. The van der Waals surface area contributed by atoms with Crippen LogP contribution in [0.5, 0.6) is 0 Å². The van der Waals surface area contributed by atoms with Gasteiger partial charge >= 0.3 is 5.97 Å². The summed E-state index contributed by atoms with van der Waals surface area (Å²) in [6, 6.07) is 0. The fourth-order valence-electron chi connectivity index (χ4n) is 1.25. The first-order valence-electron chi connectivity index (χ1n) is 5.90. The van der Waals surface area contributed by atoms with Gasteiger partial charge < -0.3 is 9.84 Å². The number of rotatable bonds is 7. The van der Waals surface area contributed by atoms with Crippen LogP contribution in [-0.2, 0) is 9.53 Å². The van der Waals surface area contributed by atoms with Crippen LogP contribution in [0, 0.1) is 10.1 Å². The van der Waals surface area contributed by atoms with E-state index in [4.69, 9.17) is 4.74 Å². The molecule has 6 heteroatoms. The summed E-state index contributed by atoms with van der Waals surface area (Å²) in [5, 5.41) is 19.3. The molecule has 104 valence electrons. The third-order valence-electron chi connectivity index (χ3n) is 1.93. The number of unbranched alkanes of at least 4 members (excludes halogenated alkanes) is 1. The van der Waals surface area contributed by atoms with Crippen molar-refractivity contribution in [3.8, 4) is 0 Å². The zero-order valence-corrected chi connectivity index (χ0v) is 11.1. The second kappa shape index (κ2) is 7.81. The molecule has 18 heavy (non-hydrogen) atoms. The number of aliphatic hydroxyl groups excluding tert-OH is 1. The monoisotopic (exact) mass is 259 g/mol. The molecule has 0 rings (SSSR count). The number of nitrogens with zero attached hydrogens (tertiary/aromatic N) is 1. The van der Waals surface area contributed by atoms with Crippen LogP contribution in [0.25, 0.3) is 0 Å². The average Bonchev–Trinajstić information content (AvgIpc) is 2.12. The summed E-state index contributed by atoms with van der Waals surface area (Å²) in [7, 11) is 0. The van der Waals surface area contributed by atoms with Crippen molar-refractivity contribution in [2.75, 3.05) is 6.54 Å². The molecule has 0 aromatic rings. The van der Waals surface area contributed by atoms with Gasteiger partial charge in [0.15, 0.2) is 0 Å². The lowest BCUT2D eigenvalue weighted by molar-refractivity contribution is -0.490.